The van der Waals surface area contributed by atoms with Crippen LogP contribution in [0.4, 0.5) is 9.59 Å². The second-order valence-corrected chi connectivity index (χ2v) is 17.7. The van der Waals surface area contributed by atoms with Crippen LogP contribution < -0.4 is 29.6 Å². The Balaban J connectivity index is 1.52. The third-order valence-corrected chi connectivity index (χ3v) is 10.8. The molecule has 65 heavy (non-hydrogen) atoms. The smallest absolute Gasteiger partial charge is 0.407 e. The van der Waals surface area contributed by atoms with Gasteiger partial charge in [-0.1, -0.05) is 94.4 Å². The summed E-state index contributed by atoms with van der Waals surface area (Å²) in [6.07, 6.45) is 4.49. The van der Waals surface area contributed by atoms with Gasteiger partial charge in [-0.3, -0.25) is 0 Å². The number of carbonyl (C=O) groups is 2. The number of fused-ring (bicyclic) bond motifs is 8. The summed E-state index contributed by atoms with van der Waals surface area (Å²) in [5.74, 6) is 3.32. The number of rotatable bonds is 18. The minimum atomic E-state index is -0.626. The average Bonchev–Trinajstić information content (AvgIpc) is 3.28. The van der Waals surface area contributed by atoms with Gasteiger partial charge >= 0.3 is 12.2 Å². The number of hydrogen-bond donors (Lipinski definition) is 2. The molecule has 0 unspecified atom stereocenters. The van der Waals surface area contributed by atoms with E-state index in [2.05, 4.69) is 99.0 Å². The Labute approximate surface area is 386 Å². The molecule has 0 fully saturated rings. The zero-order chi connectivity index (χ0) is 46.2. The number of ether oxygens (including phenoxy) is 6. The van der Waals surface area contributed by atoms with Gasteiger partial charge in [0.15, 0.2) is 0 Å². The van der Waals surface area contributed by atoms with Crippen LogP contribution in [0.25, 0.3) is 0 Å². The Hall–Kier alpha value is -6.16. The third kappa shape index (κ3) is 13.9. The van der Waals surface area contributed by atoms with E-state index < -0.39 is 17.8 Å². The van der Waals surface area contributed by atoms with E-state index in [0.29, 0.717) is 52.1 Å². The van der Waals surface area contributed by atoms with E-state index in [1.807, 2.05) is 51.1 Å². The minimum absolute atomic E-state index is 0.181. The molecule has 0 atom stereocenters. The van der Waals surface area contributed by atoms with Crippen molar-refractivity contribution in [2.75, 3.05) is 26.4 Å². The predicted molar refractivity (Wildman–Crippen MR) is 257 cm³/mol. The lowest BCUT2D eigenvalue weighted by Gasteiger charge is -2.24. The SMILES string of the molecule is CCCOc1c2cccc1Cc1cc(CNC(=O)OC(C)(C)C)cc(c1OCCC)Cc1cccc(c1OCCC)Cc1cc(CNC(=O)OCc3ccccc3)cc(c1OCCC)C2. The molecule has 0 aromatic heterocycles. The maximum Gasteiger partial charge on any atom is 0.407 e. The molecule has 0 saturated heterocycles. The first-order chi connectivity index (χ1) is 31.5. The molecule has 1 aliphatic rings. The maximum atomic E-state index is 13.1. The highest BCUT2D eigenvalue weighted by molar-refractivity contribution is 5.68. The van der Waals surface area contributed by atoms with Crippen LogP contribution in [0.15, 0.2) is 91.0 Å². The first kappa shape index (κ1) is 48.3. The van der Waals surface area contributed by atoms with Crippen molar-refractivity contribution in [1.82, 2.24) is 10.6 Å². The van der Waals surface area contributed by atoms with Crippen LogP contribution in [0.3, 0.4) is 0 Å². The first-order valence-corrected chi connectivity index (χ1v) is 23.4. The van der Waals surface area contributed by atoms with Crippen molar-refractivity contribution in [3.05, 3.63) is 152 Å². The molecule has 2 amide bonds. The highest BCUT2D eigenvalue weighted by Gasteiger charge is 2.24. The van der Waals surface area contributed by atoms with Crippen molar-refractivity contribution in [2.45, 2.75) is 125 Å². The second kappa shape index (κ2) is 23.7. The highest BCUT2D eigenvalue weighted by atomic mass is 16.6. The van der Waals surface area contributed by atoms with Gasteiger partial charge in [0.2, 0.25) is 0 Å². The van der Waals surface area contributed by atoms with Crippen LogP contribution in [0.1, 0.15) is 135 Å². The molecular weight excluding hydrogens is 817 g/mol. The van der Waals surface area contributed by atoms with Crippen molar-refractivity contribution in [2.24, 2.45) is 0 Å². The van der Waals surface area contributed by atoms with Gasteiger partial charge in [-0.15, -0.1) is 0 Å². The van der Waals surface area contributed by atoms with Gasteiger partial charge in [0, 0.05) is 38.8 Å². The summed E-state index contributed by atoms with van der Waals surface area (Å²) in [5, 5.41) is 6.00. The topological polar surface area (TPSA) is 114 Å². The molecular formula is C55H68N2O8. The number of carbonyl (C=O) groups excluding carboxylic acids is 2. The fraction of sp³-hybridized carbons (Fsp3) is 0.418. The Morgan fingerprint density at radius 2 is 0.815 bits per heavy atom. The van der Waals surface area contributed by atoms with Crippen LogP contribution in [0, 0.1) is 0 Å². The third-order valence-electron chi connectivity index (χ3n) is 10.8. The highest BCUT2D eigenvalue weighted by Crippen LogP contribution is 2.40. The van der Waals surface area contributed by atoms with Gasteiger partial charge in [-0.05, 0) is 132 Å². The average molecular weight is 885 g/mol. The second-order valence-electron chi connectivity index (χ2n) is 17.7. The van der Waals surface area contributed by atoms with Crippen molar-refractivity contribution >= 4 is 12.2 Å². The van der Waals surface area contributed by atoms with Crippen LogP contribution in [0.5, 0.6) is 23.0 Å². The zero-order valence-electron chi connectivity index (χ0n) is 39.5. The van der Waals surface area contributed by atoms with Gasteiger partial charge in [0.05, 0.1) is 26.4 Å². The molecule has 5 aromatic carbocycles. The van der Waals surface area contributed by atoms with Crippen molar-refractivity contribution < 1.29 is 38.0 Å². The Morgan fingerprint density at radius 1 is 0.462 bits per heavy atom. The number of hydrogen-bond acceptors (Lipinski definition) is 8. The molecule has 0 saturated carbocycles. The van der Waals surface area contributed by atoms with Crippen LogP contribution >= 0.6 is 0 Å². The maximum absolute atomic E-state index is 13.1. The summed E-state index contributed by atoms with van der Waals surface area (Å²) in [4.78, 5) is 26.0. The summed E-state index contributed by atoms with van der Waals surface area (Å²) >= 11 is 0. The molecule has 0 radical (unpaired) electrons. The van der Waals surface area contributed by atoms with E-state index in [1.165, 1.54) is 0 Å². The van der Waals surface area contributed by atoms with Gasteiger partial charge in [-0.25, -0.2) is 9.59 Å². The van der Waals surface area contributed by atoms with Crippen molar-refractivity contribution in [1.29, 1.82) is 0 Å². The lowest BCUT2D eigenvalue weighted by molar-refractivity contribution is 0.0523. The number of amides is 2. The Bertz CT molecular complexity index is 2250. The van der Waals surface area contributed by atoms with E-state index in [4.69, 9.17) is 28.4 Å². The Kier molecular flexibility index (Phi) is 17.6. The van der Waals surface area contributed by atoms with Crippen LogP contribution in [-0.2, 0) is 54.9 Å². The van der Waals surface area contributed by atoms with Crippen molar-refractivity contribution in [3.8, 4) is 23.0 Å². The van der Waals surface area contributed by atoms with Crippen molar-refractivity contribution in [3.63, 3.8) is 0 Å². The number of alkyl carbamates (subject to hydrolysis) is 2. The van der Waals surface area contributed by atoms with E-state index in [0.717, 1.165) is 110 Å². The molecule has 6 rings (SSSR count). The van der Waals surface area contributed by atoms with Crippen LogP contribution in [0.2, 0.25) is 0 Å². The minimum Gasteiger partial charge on any atom is -0.493 e. The summed E-state index contributed by atoms with van der Waals surface area (Å²) in [5.41, 5.74) is 10.2. The molecule has 0 aliphatic heterocycles. The molecule has 1 aliphatic carbocycles. The first-order valence-electron chi connectivity index (χ1n) is 23.4. The lowest BCUT2D eigenvalue weighted by Crippen LogP contribution is -2.32. The van der Waals surface area contributed by atoms with E-state index in [9.17, 15) is 9.59 Å². The van der Waals surface area contributed by atoms with E-state index in [1.54, 1.807) is 0 Å². The molecule has 10 heteroatoms. The molecule has 346 valence electrons. The summed E-state index contributed by atoms with van der Waals surface area (Å²) < 4.78 is 38.1. The summed E-state index contributed by atoms with van der Waals surface area (Å²) in [6, 6.07) is 30.9. The monoisotopic (exact) mass is 884 g/mol. The van der Waals surface area contributed by atoms with E-state index >= 15 is 0 Å². The Morgan fingerprint density at radius 3 is 1.17 bits per heavy atom. The number of para-hydroxylation sites is 2. The largest absolute Gasteiger partial charge is 0.493 e. The van der Waals surface area contributed by atoms with Gasteiger partial charge in [0.1, 0.15) is 35.2 Å². The normalized spacial score (nSPS) is 12.2. The van der Waals surface area contributed by atoms with Gasteiger partial charge in [-0.2, -0.15) is 0 Å². The standard InChI is InChI=1S/C55H68N2O8/c1-8-23-60-49-41-19-15-21-43(49)33-47-29-40(36-57-54(59)65-55(5,6)7)30-48(52(47)63-26-11-4)34-44-22-16-20-42(50(44)61-24-9-2)32-46-28-39(27-45(31-41)51(46)62-25-10-3)35-56-53(58)64-37-38-17-13-12-14-18-38/h12-22,27-30H,8-11,23-26,31-37H2,1-7H3,(H,56,58)(H,57,59). The molecule has 10 nitrogen and oxygen atoms in total. The number of benzene rings is 5. The van der Waals surface area contributed by atoms with Gasteiger partial charge < -0.3 is 39.1 Å². The molecule has 0 spiro atoms. The quantitative estimate of drug-likeness (QED) is 0.0877. The van der Waals surface area contributed by atoms with Gasteiger partial charge in [0.25, 0.3) is 0 Å². The molecule has 2 N–H and O–H groups in total. The molecule has 8 bridgehead atoms. The van der Waals surface area contributed by atoms with Crippen LogP contribution in [-0.4, -0.2) is 44.2 Å². The predicted octanol–water partition coefficient (Wildman–Crippen LogP) is 12.0. The molecule has 0 heterocycles. The summed E-state index contributed by atoms with van der Waals surface area (Å²) in [6.45, 7) is 16.9. The fourth-order valence-corrected chi connectivity index (χ4v) is 8.03. The lowest BCUT2D eigenvalue weighted by atomic mass is 9.89. The molecule has 5 aromatic rings. The fourth-order valence-electron chi connectivity index (χ4n) is 8.03. The van der Waals surface area contributed by atoms with E-state index in [-0.39, 0.29) is 19.7 Å². The number of nitrogens with one attached hydrogen (secondary N) is 2. The summed E-state index contributed by atoms with van der Waals surface area (Å²) in [7, 11) is 0. The zero-order valence-corrected chi connectivity index (χ0v) is 39.5.